The van der Waals surface area contributed by atoms with Crippen molar-refractivity contribution in [1.29, 1.82) is 0 Å². The predicted molar refractivity (Wildman–Crippen MR) is 115 cm³/mol. The maximum atomic E-state index is 12.4. The van der Waals surface area contributed by atoms with Crippen molar-refractivity contribution in [2.45, 2.75) is 40.3 Å². The van der Waals surface area contributed by atoms with Gasteiger partial charge in [-0.3, -0.25) is 9.59 Å². The molecule has 0 unspecified atom stereocenters. The third kappa shape index (κ3) is 5.35. The molecule has 0 heterocycles. The highest BCUT2D eigenvalue weighted by Crippen LogP contribution is 2.28. The maximum Gasteiger partial charge on any atom is 0.226 e. The summed E-state index contributed by atoms with van der Waals surface area (Å²) in [5.74, 6) is -0.105. The Hall–Kier alpha value is -2.82. The number of nitrogens with zero attached hydrogens (tertiary/aromatic N) is 2. The van der Waals surface area contributed by atoms with E-state index in [2.05, 4.69) is 5.32 Å². The van der Waals surface area contributed by atoms with E-state index in [0.717, 1.165) is 22.5 Å². The third-order valence-electron chi connectivity index (χ3n) is 4.85. The van der Waals surface area contributed by atoms with Gasteiger partial charge in [-0.05, 0) is 36.2 Å². The summed E-state index contributed by atoms with van der Waals surface area (Å²) >= 11 is 0. The fourth-order valence-corrected chi connectivity index (χ4v) is 3.13. The summed E-state index contributed by atoms with van der Waals surface area (Å²) in [6, 6.07) is 15.8. The molecule has 0 aliphatic rings. The number of carbonyl (C=O) groups is 2. The molecule has 1 N–H and O–H groups in total. The van der Waals surface area contributed by atoms with Crippen molar-refractivity contribution in [2.75, 3.05) is 24.3 Å². The summed E-state index contributed by atoms with van der Waals surface area (Å²) in [6.45, 7) is 7.83. The van der Waals surface area contributed by atoms with Crippen LogP contribution in [0.4, 0.5) is 11.4 Å². The summed E-state index contributed by atoms with van der Waals surface area (Å²) in [7, 11) is 3.95. The fraction of sp³-hybridized carbons (Fsp3) is 0.391. The van der Waals surface area contributed by atoms with Crippen LogP contribution >= 0.6 is 0 Å². The zero-order chi connectivity index (χ0) is 20.8. The summed E-state index contributed by atoms with van der Waals surface area (Å²) in [4.78, 5) is 28.4. The highest BCUT2D eigenvalue weighted by molar-refractivity contribution is 5.92. The molecule has 0 bridgehead atoms. The Morgan fingerprint density at radius 1 is 1.00 bits per heavy atom. The van der Waals surface area contributed by atoms with Crippen LogP contribution in [0.5, 0.6) is 0 Å². The minimum absolute atomic E-state index is 0.0117. The van der Waals surface area contributed by atoms with Crippen LogP contribution in [0, 0.1) is 5.92 Å². The minimum Gasteiger partial charge on any atom is -0.377 e. The Morgan fingerprint density at radius 3 is 2.18 bits per heavy atom. The molecule has 28 heavy (non-hydrogen) atoms. The molecular formula is C23H31N3O2. The Balaban J connectivity index is 2.36. The maximum absolute atomic E-state index is 12.4. The van der Waals surface area contributed by atoms with E-state index in [0.29, 0.717) is 6.54 Å². The van der Waals surface area contributed by atoms with Gasteiger partial charge in [0, 0.05) is 44.9 Å². The first-order valence-corrected chi connectivity index (χ1v) is 9.64. The molecule has 0 aliphatic heterocycles. The largest absolute Gasteiger partial charge is 0.377 e. The molecule has 0 saturated heterocycles. The molecule has 5 heteroatoms. The molecule has 0 spiro atoms. The van der Waals surface area contributed by atoms with E-state index >= 15 is 0 Å². The van der Waals surface area contributed by atoms with Crippen LogP contribution in [0.25, 0.3) is 0 Å². The van der Waals surface area contributed by atoms with Gasteiger partial charge in [-0.15, -0.1) is 0 Å². The van der Waals surface area contributed by atoms with Gasteiger partial charge in [0.15, 0.2) is 0 Å². The lowest BCUT2D eigenvalue weighted by atomic mass is 10.0. The van der Waals surface area contributed by atoms with Gasteiger partial charge in [-0.25, -0.2) is 0 Å². The van der Waals surface area contributed by atoms with Gasteiger partial charge < -0.3 is 15.1 Å². The Labute approximate surface area is 168 Å². The van der Waals surface area contributed by atoms with E-state index in [1.54, 1.807) is 6.92 Å². The van der Waals surface area contributed by atoms with Crippen LogP contribution in [0.1, 0.15) is 44.9 Å². The average Bonchev–Trinajstić information content (AvgIpc) is 2.65. The second-order valence-corrected chi connectivity index (χ2v) is 7.62. The number of carbonyl (C=O) groups excluding carboxylic acids is 2. The normalized spacial score (nSPS) is 11.8. The molecule has 0 fully saturated rings. The van der Waals surface area contributed by atoms with E-state index in [1.807, 2.05) is 93.2 Å². The molecule has 150 valence electrons. The van der Waals surface area contributed by atoms with Crippen LogP contribution in [-0.2, 0) is 16.1 Å². The quantitative estimate of drug-likeness (QED) is 0.770. The Morgan fingerprint density at radius 2 is 1.64 bits per heavy atom. The van der Waals surface area contributed by atoms with Gasteiger partial charge in [-0.2, -0.15) is 0 Å². The molecule has 0 aliphatic carbocycles. The third-order valence-corrected chi connectivity index (χ3v) is 4.85. The summed E-state index contributed by atoms with van der Waals surface area (Å²) in [6.07, 6.45) is 0. The van der Waals surface area contributed by atoms with Crippen molar-refractivity contribution in [1.82, 2.24) is 4.90 Å². The molecule has 1 atom stereocenters. The monoisotopic (exact) mass is 381 g/mol. The summed E-state index contributed by atoms with van der Waals surface area (Å²) < 4.78 is 0. The minimum atomic E-state index is -0.0937. The van der Waals surface area contributed by atoms with Crippen molar-refractivity contribution < 1.29 is 9.59 Å². The van der Waals surface area contributed by atoms with Crippen LogP contribution in [0.2, 0.25) is 0 Å². The number of hydrogen-bond donors (Lipinski definition) is 1. The standard InChI is InChI=1S/C23H31N3O2/c1-16(2)23(28)24-21-12-13-22(25(5)6)20(14-21)15-26(18(4)27)17(3)19-10-8-7-9-11-19/h7-14,16-17H,15H2,1-6H3,(H,24,28)/t17-/m1/s1. The summed E-state index contributed by atoms with van der Waals surface area (Å²) in [5, 5.41) is 2.95. The SMILES string of the molecule is CC(=O)N(Cc1cc(NC(=O)C(C)C)ccc1N(C)C)[C@H](C)c1ccccc1. The Kier molecular flexibility index (Phi) is 7.21. The molecular weight excluding hydrogens is 350 g/mol. The molecule has 2 aromatic rings. The molecule has 2 amide bonds. The number of nitrogens with one attached hydrogen (secondary N) is 1. The van der Waals surface area contributed by atoms with Gasteiger partial charge >= 0.3 is 0 Å². The van der Waals surface area contributed by atoms with Crippen molar-refractivity contribution >= 4 is 23.2 Å². The predicted octanol–water partition coefficient (Wildman–Crippen LogP) is 4.46. The van der Waals surface area contributed by atoms with Crippen molar-refractivity contribution in [3.63, 3.8) is 0 Å². The molecule has 5 nitrogen and oxygen atoms in total. The lowest BCUT2D eigenvalue weighted by Gasteiger charge is -2.30. The van der Waals surface area contributed by atoms with E-state index < -0.39 is 0 Å². The zero-order valence-electron chi connectivity index (χ0n) is 17.7. The smallest absolute Gasteiger partial charge is 0.226 e. The first kappa shape index (κ1) is 21.5. The highest BCUT2D eigenvalue weighted by atomic mass is 16.2. The van der Waals surface area contributed by atoms with E-state index in [4.69, 9.17) is 0 Å². The van der Waals surface area contributed by atoms with Gasteiger partial charge in [-0.1, -0.05) is 44.2 Å². The lowest BCUT2D eigenvalue weighted by molar-refractivity contribution is -0.131. The topological polar surface area (TPSA) is 52.7 Å². The van der Waals surface area contributed by atoms with Crippen LogP contribution in [0.3, 0.4) is 0 Å². The molecule has 0 saturated carbocycles. The second-order valence-electron chi connectivity index (χ2n) is 7.62. The second kappa shape index (κ2) is 9.40. The number of hydrogen-bond acceptors (Lipinski definition) is 3. The number of benzene rings is 2. The number of anilines is 2. The van der Waals surface area contributed by atoms with E-state index in [9.17, 15) is 9.59 Å². The van der Waals surface area contributed by atoms with Gasteiger partial charge in [0.2, 0.25) is 11.8 Å². The van der Waals surface area contributed by atoms with Crippen molar-refractivity contribution in [2.24, 2.45) is 5.92 Å². The first-order valence-electron chi connectivity index (χ1n) is 9.64. The first-order chi connectivity index (χ1) is 13.2. The number of amides is 2. The van der Waals surface area contributed by atoms with Crippen LogP contribution < -0.4 is 10.2 Å². The van der Waals surface area contributed by atoms with Crippen LogP contribution in [-0.4, -0.2) is 30.8 Å². The van der Waals surface area contributed by atoms with Crippen molar-refractivity contribution in [3.8, 4) is 0 Å². The van der Waals surface area contributed by atoms with E-state index in [-0.39, 0.29) is 23.8 Å². The zero-order valence-corrected chi connectivity index (χ0v) is 17.7. The molecule has 2 aromatic carbocycles. The van der Waals surface area contributed by atoms with Gasteiger partial charge in [0.25, 0.3) is 0 Å². The molecule has 0 radical (unpaired) electrons. The van der Waals surface area contributed by atoms with E-state index in [1.165, 1.54) is 0 Å². The number of rotatable bonds is 7. The lowest BCUT2D eigenvalue weighted by Crippen LogP contribution is -2.32. The van der Waals surface area contributed by atoms with Gasteiger partial charge in [0.1, 0.15) is 0 Å². The fourth-order valence-electron chi connectivity index (χ4n) is 3.13. The Bertz CT molecular complexity index is 816. The van der Waals surface area contributed by atoms with Crippen LogP contribution in [0.15, 0.2) is 48.5 Å². The summed E-state index contributed by atoms with van der Waals surface area (Å²) in [5.41, 5.74) is 3.85. The molecule has 0 aromatic heterocycles. The van der Waals surface area contributed by atoms with Gasteiger partial charge in [0.05, 0.1) is 6.04 Å². The molecule has 2 rings (SSSR count). The van der Waals surface area contributed by atoms with Crippen molar-refractivity contribution in [3.05, 3.63) is 59.7 Å². The average molecular weight is 382 g/mol. The highest BCUT2D eigenvalue weighted by Gasteiger charge is 2.21.